The zero-order valence-electron chi connectivity index (χ0n) is 11.5. The molecule has 0 saturated carbocycles. The number of furan rings is 1. The molecule has 0 aliphatic carbocycles. The number of halogens is 1. The first-order valence-corrected chi connectivity index (χ1v) is 7.26. The molecule has 0 unspecified atom stereocenters. The first kappa shape index (κ1) is 13.0. The molecule has 0 aliphatic heterocycles. The van der Waals surface area contributed by atoms with Gasteiger partial charge in [0.1, 0.15) is 17.2 Å². The quantitative estimate of drug-likeness (QED) is 0.477. The van der Waals surface area contributed by atoms with Gasteiger partial charge in [-0.1, -0.05) is 72.3 Å². The number of rotatable bonds is 2. The molecule has 4 heteroatoms. The van der Waals surface area contributed by atoms with Gasteiger partial charge in [-0.2, -0.15) is 0 Å². The summed E-state index contributed by atoms with van der Waals surface area (Å²) in [4.78, 5) is 8.31. The topological polar surface area (TPSA) is 38.9 Å². The standard InChI is InChI=1S/C18H11ClN2O/c19-17-15-14(12-7-3-1-4-8-12)16(13-9-5-2-6-10-13)22-18(15)21-11-20-17/h1-11H. The Morgan fingerprint density at radius 2 is 1.41 bits per heavy atom. The fraction of sp³-hybridized carbons (Fsp3) is 0. The molecule has 0 N–H and O–H groups in total. The van der Waals surface area contributed by atoms with E-state index in [1.165, 1.54) is 6.33 Å². The van der Waals surface area contributed by atoms with Gasteiger partial charge in [0.15, 0.2) is 0 Å². The van der Waals surface area contributed by atoms with Gasteiger partial charge in [-0.25, -0.2) is 9.97 Å². The number of aromatic nitrogens is 2. The van der Waals surface area contributed by atoms with E-state index in [-0.39, 0.29) is 0 Å². The summed E-state index contributed by atoms with van der Waals surface area (Å²) in [6, 6.07) is 19.9. The van der Waals surface area contributed by atoms with Crippen LogP contribution in [0.3, 0.4) is 0 Å². The van der Waals surface area contributed by atoms with Crippen LogP contribution in [0.2, 0.25) is 5.15 Å². The molecule has 22 heavy (non-hydrogen) atoms. The van der Waals surface area contributed by atoms with Crippen molar-refractivity contribution in [1.82, 2.24) is 9.97 Å². The number of benzene rings is 2. The molecule has 3 nitrogen and oxygen atoms in total. The molecule has 0 bridgehead atoms. The van der Waals surface area contributed by atoms with Crippen LogP contribution in [0, 0.1) is 0 Å². The highest BCUT2D eigenvalue weighted by Crippen LogP contribution is 2.41. The molecule has 0 radical (unpaired) electrons. The Morgan fingerprint density at radius 1 is 0.773 bits per heavy atom. The molecule has 2 aromatic carbocycles. The van der Waals surface area contributed by atoms with Crippen molar-refractivity contribution in [2.75, 3.05) is 0 Å². The third-order valence-corrected chi connectivity index (χ3v) is 3.83. The summed E-state index contributed by atoms with van der Waals surface area (Å²) < 4.78 is 5.98. The highest BCUT2D eigenvalue weighted by molar-refractivity contribution is 6.35. The van der Waals surface area contributed by atoms with Crippen molar-refractivity contribution in [2.24, 2.45) is 0 Å². The van der Waals surface area contributed by atoms with Crippen molar-refractivity contribution in [3.8, 4) is 22.5 Å². The zero-order valence-corrected chi connectivity index (χ0v) is 12.3. The molecule has 0 amide bonds. The predicted molar refractivity (Wildman–Crippen MR) is 87.7 cm³/mol. The Kier molecular flexibility index (Phi) is 3.13. The van der Waals surface area contributed by atoms with Crippen LogP contribution >= 0.6 is 11.6 Å². The van der Waals surface area contributed by atoms with Gasteiger partial charge < -0.3 is 4.42 Å². The molecular weight excluding hydrogens is 296 g/mol. The van der Waals surface area contributed by atoms with E-state index in [2.05, 4.69) is 9.97 Å². The van der Waals surface area contributed by atoms with Crippen LogP contribution in [0.4, 0.5) is 0 Å². The fourth-order valence-electron chi connectivity index (χ4n) is 2.57. The van der Waals surface area contributed by atoms with Gasteiger partial charge in [0.25, 0.3) is 0 Å². The summed E-state index contributed by atoms with van der Waals surface area (Å²) >= 11 is 6.30. The SMILES string of the molecule is Clc1ncnc2oc(-c3ccccc3)c(-c3ccccc3)c12. The van der Waals surface area contributed by atoms with E-state index in [0.717, 1.165) is 27.8 Å². The molecule has 2 heterocycles. The van der Waals surface area contributed by atoms with E-state index >= 15 is 0 Å². The molecule has 4 rings (SSSR count). The second kappa shape index (κ2) is 5.28. The minimum absolute atomic E-state index is 0.398. The molecule has 2 aromatic heterocycles. The second-order valence-corrected chi connectivity index (χ2v) is 5.24. The predicted octanol–water partition coefficient (Wildman–Crippen LogP) is 5.21. The highest BCUT2D eigenvalue weighted by atomic mass is 35.5. The summed E-state index contributed by atoms with van der Waals surface area (Å²) in [6.07, 6.45) is 1.41. The maximum atomic E-state index is 6.30. The van der Waals surface area contributed by atoms with Gasteiger partial charge in [-0.15, -0.1) is 0 Å². The third-order valence-electron chi connectivity index (χ3n) is 3.54. The summed E-state index contributed by atoms with van der Waals surface area (Å²) in [7, 11) is 0. The summed E-state index contributed by atoms with van der Waals surface area (Å²) in [5, 5.41) is 1.14. The Labute approximate surface area is 132 Å². The smallest absolute Gasteiger partial charge is 0.231 e. The van der Waals surface area contributed by atoms with Gasteiger partial charge in [-0.3, -0.25) is 0 Å². The normalized spacial score (nSPS) is 11.0. The van der Waals surface area contributed by atoms with E-state index in [0.29, 0.717) is 10.9 Å². The average Bonchev–Trinajstić information content (AvgIpc) is 2.97. The van der Waals surface area contributed by atoms with Gasteiger partial charge >= 0.3 is 0 Å². The minimum Gasteiger partial charge on any atom is -0.437 e. The van der Waals surface area contributed by atoms with E-state index in [1.807, 2.05) is 60.7 Å². The monoisotopic (exact) mass is 306 g/mol. The Hall–Kier alpha value is -2.65. The molecular formula is C18H11ClN2O. The van der Waals surface area contributed by atoms with Crippen LogP contribution in [-0.4, -0.2) is 9.97 Å². The van der Waals surface area contributed by atoms with Crippen molar-refractivity contribution >= 4 is 22.7 Å². The summed E-state index contributed by atoms with van der Waals surface area (Å²) in [6.45, 7) is 0. The Bertz CT molecular complexity index is 933. The minimum atomic E-state index is 0.398. The number of fused-ring (bicyclic) bond motifs is 1. The molecule has 0 spiro atoms. The van der Waals surface area contributed by atoms with Crippen LogP contribution in [0.1, 0.15) is 0 Å². The van der Waals surface area contributed by atoms with Crippen LogP contribution in [0.5, 0.6) is 0 Å². The zero-order chi connectivity index (χ0) is 14.9. The Morgan fingerprint density at radius 3 is 2.09 bits per heavy atom. The second-order valence-electron chi connectivity index (χ2n) is 4.88. The molecule has 4 aromatic rings. The lowest BCUT2D eigenvalue weighted by Crippen LogP contribution is -1.83. The van der Waals surface area contributed by atoms with Crippen molar-refractivity contribution in [3.63, 3.8) is 0 Å². The van der Waals surface area contributed by atoms with Crippen molar-refractivity contribution in [1.29, 1.82) is 0 Å². The lowest BCUT2D eigenvalue weighted by Gasteiger charge is -2.03. The number of nitrogens with zero attached hydrogens (tertiary/aromatic N) is 2. The molecule has 106 valence electrons. The van der Waals surface area contributed by atoms with Crippen molar-refractivity contribution < 1.29 is 4.42 Å². The molecule has 0 fully saturated rings. The van der Waals surface area contributed by atoms with Gasteiger partial charge in [0.05, 0.1) is 5.39 Å². The van der Waals surface area contributed by atoms with E-state index in [1.54, 1.807) is 0 Å². The lowest BCUT2D eigenvalue weighted by atomic mass is 10.00. The van der Waals surface area contributed by atoms with Crippen LogP contribution in [0.25, 0.3) is 33.6 Å². The maximum Gasteiger partial charge on any atom is 0.231 e. The maximum absolute atomic E-state index is 6.30. The highest BCUT2D eigenvalue weighted by Gasteiger charge is 2.20. The molecule has 0 saturated heterocycles. The molecule has 0 aliphatic rings. The lowest BCUT2D eigenvalue weighted by molar-refractivity contribution is 0.618. The first-order valence-electron chi connectivity index (χ1n) is 6.88. The largest absolute Gasteiger partial charge is 0.437 e. The summed E-state index contributed by atoms with van der Waals surface area (Å²) in [5.74, 6) is 0.754. The first-order chi connectivity index (χ1) is 10.8. The Balaban J connectivity index is 2.11. The van der Waals surface area contributed by atoms with Crippen molar-refractivity contribution in [2.45, 2.75) is 0 Å². The van der Waals surface area contributed by atoms with E-state index in [4.69, 9.17) is 16.0 Å². The van der Waals surface area contributed by atoms with E-state index in [9.17, 15) is 0 Å². The van der Waals surface area contributed by atoms with Crippen molar-refractivity contribution in [3.05, 3.63) is 72.1 Å². The van der Waals surface area contributed by atoms with Gasteiger partial charge in [0, 0.05) is 11.1 Å². The van der Waals surface area contributed by atoms with Crippen LogP contribution in [-0.2, 0) is 0 Å². The third kappa shape index (κ3) is 2.07. The van der Waals surface area contributed by atoms with Gasteiger partial charge in [0.2, 0.25) is 5.71 Å². The van der Waals surface area contributed by atoms with E-state index < -0.39 is 0 Å². The van der Waals surface area contributed by atoms with Crippen LogP contribution < -0.4 is 0 Å². The molecule has 0 atom stereocenters. The number of hydrogen-bond acceptors (Lipinski definition) is 3. The fourth-order valence-corrected chi connectivity index (χ4v) is 2.79. The number of hydrogen-bond donors (Lipinski definition) is 0. The average molecular weight is 307 g/mol. The van der Waals surface area contributed by atoms with Gasteiger partial charge in [-0.05, 0) is 5.56 Å². The van der Waals surface area contributed by atoms with Crippen LogP contribution in [0.15, 0.2) is 71.4 Å². The summed E-state index contributed by atoms with van der Waals surface area (Å²) in [5.41, 5.74) is 3.43.